The smallest absolute Gasteiger partial charge is 0.305 e. The number of aromatic amines is 1. The lowest BCUT2D eigenvalue weighted by Crippen LogP contribution is -2.38. The Morgan fingerprint density at radius 2 is 1.74 bits per heavy atom. The number of benzene rings is 3. The lowest BCUT2D eigenvalue weighted by Gasteiger charge is -2.23. The third-order valence-corrected chi connectivity index (χ3v) is 7.97. The van der Waals surface area contributed by atoms with Crippen LogP contribution >= 0.6 is 11.3 Å². The molecule has 0 bridgehead atoms. The van der Waals surface area contributed by atoms with Crippen molar-refractivity contribution < 1.29 is 19.4 Å². The number of carbonyl (C=O) groups is 1. The maximum atomic E-state index is 12.9. The Bertz CT molecular complexity index is 1420. The first-order valence-corrected chi connectivity index (χ1v) is 15.5. The van der Waals surface area contributed by atoms with Gasteiger partial charge in [-0.1, -0.05) is 91.4 Å². The fourth-order valence-electron chi connectivity index (χ4n) is 4.67. The van der Waals surface area contributed by atoms with Gasteiger partial charge < -0.3 is 29.8 Å². The van der Waals surface area contributed by atoms with E-state index in [-0.39, 0.29) is 10.8 Å². The monoisotopic (exact) mass is 591 g/mol. The van der Waals surface area contributed by atoms with Gasteiger partial charge >= 0.3 is 4.87 Å². The van der Waals surface area contributed by atoms with Crippen molar-refractivity contribution >= 4 is 27.5 Å². The van der Waals surface area contributed by atoms with Crippen LogP contribution in [0.4, 0.5) is 0 Å². The highest BCUT2D eigenvalue weighted by Gasteiger charge is 2.18. The fraction of sp³-hybridized carbons (Fsp3) is 0.394. The highest BCUT2D eigenvalue weighted by atomic mass is 32.1. The first kappa shape index (κ1) is 31.4. The van der Waals surface area contributed by atoms with Crippen LogP contribution in [0.5, 0.6) is 5.75 Å². The minimum atomic E-state index is -0.820. The van der Waals surface area contributed by atoms with E-state index in [4.69, 9.17) is 9.47 Å². The maximum absolute atomic E-state index is 12.9. The van der Waals surface area contributed by atoms with Crippen LogP contribution in [0.25, 0.3) is 10.2 Å². The minimum absolute atomic E-state index is 0.0791. The van der Waals surface area contributed by atoms with Crippen LogP contribution in [0.2, 0.25) is 0 Å². The third kappa shape index (κ3) is 9.52. The Balaban J connectivity index is 1.24. The van der Waals surface area contributed by atoms with Gasteiger partial charge in [-0.3, -0.25) is 9.59 Å². The molecule has 1 unspecified atom stereocenters. The molecule has 0 aliphatic carbocycles. The molecular weight excluding hydrogens is 550 g/mol. The van der Waals surface area contributed by atoms with Gasteiger partial charge in [0.05, 0.1) is 30.4 Å². The van der Waals surface area contributed by atoms with E-state index in [1.807, 2.05) is 59.5 Å². The summed E-state index contributed by atoms with van der Waals surface area (Å²) in [6, 6.07) is 23.6. The molecule has 0 radical (unpaired) electrons. The first-order valence-electron chi connectivity index (χ1n) is 14.7. The molecular formula is C33H41N3O5S. The number of nitrogens with zero attached hydrogens (tertiary/aromatic N) is 1. The third-order valence-electron chi connectivity index (χ3n) is 7.04. The number of aliphatic hydroxyl groups excluding tert-OH is 1. The zero-order valence-corrected chi connectivity index (χ0v) is 25.0. The number of fused-ring (bicyclic) bond motifs is 1. The maximum Gasteiger partial charge on any atom is 0.305 e. The summed E-state index contributed by atoms with van der Waals surface area (Å²) in [5.74, 6) is 0.653. The van der Waals surface area contributed by atoms with Crippen LogP contribution < -0.4 is 14.9 Å². The number of carbonyl (C=O) groups excluding carboxylic acids is 1. The average Bonchev–Trinajstić information content (AvgIpc) is 3.41. The number of rotatable bonds is 18. The predicted molar refractivity (Wildman–Crippen MR) is 168 cm³/mol. The van der Waals surface area contributed by atoms with Crippen LogP contribution in [0.15, 0.2) is 77.6 Å². The summed E-state index contributed by atoms with van der Waals surface area (Å²) in [4.78, 5) is 29.6. The summed E-state index contributed by atoms with van der Waals surface area (Å²) in [6.45, 7) is 5.58. The summed E-state index contributed by atoms with van der Waals surface area (Å²) in [5, 5.41) is 14.3. The van der Waals surface area contributed by atoms with E-state index in [0.29, 0.717) is 74.0 Å². The van der Waals surface area contributed by atoms with Crippen molar-refractivity contribution in [1.82, 2.24) is 15.2 Å². The summed E-state index contributed by atoms with van der Waals surface area (Å²) in [7, 11) is 0. The van der Waals surface area contributed by atoms with Crippen molar-refractivity contribution in [2.45, 2.75) is 45.3 Å². The molecule has 0 aliphatic rings. The molecule has 0 spiro atoms. The van der Waals surface area contributed by atoms with Crippen molar-refractivity contribution in [3.63, 3.8) is 0 Å². The summed E-state index contributed by atoms with van der Waals surface area (Å²) in [5.41, 5.74) is 3.51. The number of hydrogen-bond acceptors (Lipinski definition) is 7. The van der Waals surface area contributed by atoms with Crippen LogP contribution in [0, 0.1) is 0 Å². The largest absolute Gasteiger partial charge is 0.487 e. The van der Waals surface area contributed by atoms with Crippen molar-refractivity contribution in [2.75, 3.05) is 39.4 Å². The fourth-order valence-corrected chi connectivity index (χ4v) is 5.59. The molecule has 0 fully saturated rings. The zero-order chi connectivity index (χ0) is 29.6. The second kappa shape index (κ2) is 16.8. The van der Waals surface area contributed by atoms with Gasteiger partial charge in [0, 0.05) is 31.7 Å². The molecule has 1 heterocycles. The molecule has 0 saturated carbocycles. The van der Waals surface area contributed by atoms with E-state index in [0.717, 1.165) is 36.2 Å². The number of amides is 1. The lowest BCUT2D eigenvalue weighted by atomic mass is 10.1. The van der Waals surface area contributed by atoms with Crippen LogP contribution in [-0.2, 0) is 22.6 Å². The molecule has 3 aromatic carbocycles. The van der Waals surface area contributed by atoms with E-state index in [9.17, 15) is 14.7 Å². The number of aromatic nitrogens is 1. The molecule has 9 heteroatoms. The highest BCUT2D eigenvalue weighted by Crippen LogP contribution is 2.32. The topological polar surface area (TPSA) is 104 Å². The Kier molecular flexibility index (Phi) is 12.6. The molecule has 8 nitrogen and oxygen atoms in total. The number of thiazole rings is 1. The van der Waals surface area contributed by atoms with Crippen molar-refractivity contribution in [2.24, 2.45) is 0 Å². The van der Waals surface area contributed by atoms with Gasteiger partial charge in [-0.2, -0.15) is 0 Å². The Morgan fingerprint density at radius 3 is 2.48 bits per heavy atom. The molecule has 224 valence electrons. The molecule has 42 heavy (non-hydrogen) atoms. The van der Waals surface area contributed by atoms with Gasteiger partial charge in [0.2, 0.25) is 5.91 Å². The van der Waals surface area contributed by atoms with Crippen molar-refractivity contribution in [1.29, 1.82) is 0 Å². The van der Waals surface area contributed by atoms with Crippen molar-refractivity contribution in [3.05, 3.63) is 99.2 Å². The number of hydrogen-bond donors (Lipinski definition) is 3. The van der Waals surface area contributed by atoms with Crippen molar-refractivity contribution in [3.8, 4) is 5.75 Å². The SMILES string of the molecule is CCCCN(CCNCC(O)c1ccc(OCc2ccccc2)c2[nH]c(=O)sc12)C(=O)CCOCCc1ccccc1. The van der Waals surface area contributed by atoms with E-state index >= 15 is 0 Å². The predicted octanol–water partition coefficient (Wildman–Crippen LogP) is 5.07. The molecule has 1 atom stereocenters. The van der Waals surface area contributed by atoms with Crippen LogP contribution in [0.1, 0.15) is 49.0 Å². The second-order valence-corrected chi connectivity index (χ2v) is 11.2. The van der Waals surface area contributed by atoms with E-state index < -0.39 is 6.10 Å². The zero-order valence-electron chi connectivity index (χ0n) is 24.2. The summed E-state index contributed by atoms with van der Waals surface area (Å²) in [6.07, 6.45) is 2.30. The van der Waals surface area contributed by atoms with Gasteiger partial charge in [-0.15, -0.1) is 0 Å². The minimum Gasteiger partial charge on any atom is -0.487 e. The van der Waals surface area contributed by atoms with E-state index in [2.05, 4.69) is 29.4 Å². The van der Waals surface area contributed by atoms with Gasteiger partial charge in [-0.05, 0) is 30.0 Å². The Hall–Kier alpha value is -3.50. The van der Waals surface area contributed by atoms with Gasteiger partial charge in [0.1, 0.15) is 17.9 Å². The highest BCUT2D eigenvalue weighted by molar-refractivity contribution is 7.16. The Morgan fingerprint density at radius 1 is 1.00 bits per heavy atom. The number of unbranched alkanes of at least 4 members (excludes halogenated alkanes) is 1. The van der Waals surface area contributed by atoms with E-state index in [1.165, 1.54) is 5.56 Å². The molecule has 1 amide bonds. The van der Waals surface area contributed by atoms with E-state index in [1.54, 1.807) is 6.07 Å². The molecule has 0 saturated heterocycles. The second-order valence-electron chi connectivity index (χ2n) is 10.2. The lowest BCUT2D eigenvalue weighted by molar-refractivity contribution is -0.132. The number of ether oxygens (including phenoxy) is 2. The van der Waals surface area contributed by atoms with Gasteiger partial charge in [0.15, 0.2) is 0 Å². The quantitative estimate of drug-likeness (QED) is 0.140. The van der Waals surface area contributed by atoms with Crippen LogP contribution in [0.3, 0.4) is 0 Å². The molecule has 4 aromatic rings. The molecule has 0 aliphatic heterocycles. The summed E-state index contributed by atoms with van der Waals surface area (Å²) >= 11 is 1.07. The first-order chi connectivity index (χ1) is 20.5. The molecule has 1 aromatic heterocycles. The molecule has 3 N–H and O–H groups in total. The number of H-pyrrole nitrogens is 1. The van der Waals surface area contributed by atoms with Gasteiger partial charge in [0.25, 0.3) is 0 Å². The Labute approximate surface area is 251 Å². The number of nitrogens with one attached hydrogen (secondary N) is 2. The molecule has 4 rings (SSSR count). The van der Waals surface area contributed by atoms with Crippen LogP contribution in [-0.4, -0.2) is 60.3 Å². The standard InChI is InChI=1S/C33H41N3O5S/c1-2-3-19-36(30(38)17-22-40-21-16-25-10-6-4-7-11-25)20-18-34-23-28(37)27-14-15-29(31-32(27)42-33(39)35-31)41-24-26-12-8-5-9-13-26/h4-15,28,34,37H,2-3,16-24H2,1H3,(H,35,39). The van der Waals surface area contributed by atoms with Gasteiger partial charge in [-0.25, -0.2) is 0 Å². The average molecular weight is 592 g/mol. The summed E-state index contributed by atoms with van der Waals surface area (Å²) < 4.78 is 12.4. The number of aliphatic hydroxyl groups is 1. The normalized spacial score (nSPS) is 12.0.